The second kappa shape index (κ2) is 8.25. The number of nitrogens with one attached hydrogen (secondary N) is 1. The van der Waals surface area contributed by atoms with Crippen molar-refractivity contribution in [3.05, 3.63) is 68.7 Å². The molecule has 25 heavy (non-hydrogen) atoms. The molecular formula is C21H23Cl2NO. The van der Waals surface area contributed by atoms with E-state index in [4.69, 9.17) is 23.2 Å². The van der Waals surface area contributed by atoms with Gasteiger partial charge in [-0.25, -0.2) is 0 Å². The molecule has 0 aliphatic heterocycles. The van der Waals surface area contributed by atoms with Crippen LogP contribution in [-0.4, -0.2) is 5.91 Å². The van der Waals surface area contributed by atoms with Crippen molar-refractivity contribution in [2.24, 2.45) is 0 Å². The summed E-state index contributed by atoms with van der Waals surface area (Å²) in [6.45, 7) is 2.03. The summed E-state index contributed by atoms with van der Waals surface area (Å²) in [5.74, 6) is 0.0150. The molecule has 1 amide bonds. The molecule has 0 fully saturated rings. The number of fused-ring (bicyclic) bond motifs is 1. The second-order valence-corrected chi connectivity index (χ2v) is 7.54. The van der Waals surface area contributed by atoms with Crippen LogP contribution in [-0.2, 0) is 24.1 Å². The average Bonchev–Trinajstić information content (AvgIpc) is 2.61. The highest BCUT2D eigenvalue weighted by Crippen LogP contribution is 2.26. The molecular weight excluding hydrogens is 353 g/mol. The van der Waals surface area contributed by atoms with Gasteiger partial charge in [-0.3, -0.25) is 4.79 Å². The number of carbonyl (C=O) groups is 1. The standard InChI is InChI=1S/C21H23Cl2NO/c1-14(16-10-9-15-5-2-3-6-17(15)13-16)24-21(25)12-11-18-19(22)7-4-8-20(18)23/h4,7-10,13-14H,2-3,5-6,11-12H2,1H3,(H,24,25). The van der Waals surface area contributed by atoms with Crippen LogP contribution in [0.3, 0.4) is 0 Å². The SMILES string of the molecule is CC(NC(=O)CCc1c(Cl)cccc1Cl)c1ccc2c(c1)CCCC2. The van der Waals surface area contributed by atoms with Crippen LogP contribution in [0.5, 0.6) is 0 Å². The van der Waals surface area contributed by atoms with Crippen LogP contribution in [0.15, 0.2) is 36.4 Å². The Kier molecular flexibility index (Phi) is 6.03. The third kappa shape index (κ3) is 4.56. The summed E-state index contributed by atoms with van der Waals surface area (Å²) in [4.78, 5) is 12.3. The Morgan fingerprint density at radius 3 is 2.48 bits per heavy atom. The maximum absolute atomic E-state index is 12.3. The van der Waals surface area contributed by atoms with Crippen molar-refractivity contribution in [2.45, 2.75) is 51.5 Å². The monoisotopic (exact) mass is 375 g/mol. The quantitative estimate of drug-likeness (QED) is 0.714. The van der Waals surface area contributed by atoms with Crippen molar-refractivity contribution < 1.29 is 4.79 Å². The van der Waals surface area contributed by atoms with E-state index in [0.717, 1.165) is 12.0 Å². The third-order valence-electron chi connectivity index (χ3n) is 4.91. The van der Waals surface area contributed by atoms with Gasteiger partial charge < -0.3 is 5.32 Å². The molecule has 0 heterocycles. The van der Waals surface area contributed by atoms with Crippen LogP contribution in [0.25, 0.3) is 0 Å². The number of rotatable bonds is 5. The van der Waals surface area contributed by atoms with Gasteiger partial charge in [0.1, 0.15) is 0 Å². The molecule has 132 valence electrons. The van der Waals surface area contributed by atoms with Crippen molar-refractivity contribution in [3.63, 3.8) is 0 Å². The van der Waals surface area contributed by atoms with Gasteiger partial charge in [0.2, 0.25) is 5.91 Å². The summed E-state index contributed by atoms with van der Waals surface area (Å²) in [7, 11) is 0. The molecule has 1 N–H and O–H groups in total. The Morgan fingerprint density at radius 1 is 1.08 bits per heavy atom. The van der Waals surface area contributed by atoms with Gasteiger partial charge in [0, 0.05) is 16.5 Å². The van der Waals surface area contributed by atoms with Crippen LogP contribution in [0.1, 0.15) is 54.5 Å². The van der Waals surface area contributed by atoms with E-state index >= 15 is 0 Å². The van der Waals surface area contributed by atoms with Gasteiger partial charge >= 0.3 is 0 Å². The van der Waals surface area contributed by atoms with Crippen molar-refractivity contribution in [2.75, 3.05) is 0 Å². The van der Waals surface area contributed by atoms with E-state index in [2.05, 4.69) is 23.5 Å². The first-order valence-corrected chi connectivity index (χ1v) is 9.64. The molecule has 1 atom stereocenters. The largest absolute Gasteiger partial charge is 0.350 e. The first kappa shape index (κ1) is 18.3. The Bertz CT molecular complexity index is 752. The fraction of sp³-hybridized carbons (Fsp3) is 0.381. The number of hydrogen-bond donors (Lipinski definition) is 1. The molecule has 1 aliphatic rings. The Balaban J connectivity index is 1.59. The van der Waals surface area contributed by atoms with Gasteiger partial charge in [-0.15, -0.1) is 0 Å². The Morgan fingerprint density at radius 2 is 1.76 bits per heavy atom. The topological polar surface area (TPSA) is 29.1 Å². The van der Waals surface area contributed by atoms with E-state index < -0.39 is 0 Å². The van der Waals surface area contributed by atoms with E-state index in [1.54, 1.807) is 12.1 Å². The van der Waals surface area contributed by atoms with Crippen LogP contribution < -0.4 is 5.32 Å². The number of aryl methyl sites for hydroxylation is 2. The summed E-state index contributed by atoms with van der Waals surface area (Å²) in [5.41, 5.74) is 4.90. The maximum atomic E-state index is 12.3. The van der Waals surface area contributed by atoms with E-state index in [1.165, 1.54) is 36.0 Å². The minimum Gasteiger partial charge on any atom is -0.350 e. The normalized spacial score (nSPS) is 14.7. The number of hydrogen-bond acceptors (Lipinski definition) is 1. The lowest BCUT2D eigenvalue weighted by molar-refractivity contribution is -0.121. The fourth-order valence-electron chi connectivity index (χ4n) is 3.43. The molecule has 2 aromatic rings. The van der Waals surface area contributed by atoms with Gasteiger partial charge in [-0.1, -0.05) is 47.5 Å². The van der Waals surface area contributed by atoms with Gasteiger partial charge in [0.25, 0.3) is 0 Å². The molecule has 2 nitrogen and oxygen atoms in total. The van der Waals surface area contributed by atoms with Gasteiger partial charge in [0.15, 0.2) is 0 Å². The third-order valence-corrected chi connectivity index (χ3v) is 5.62. The first-order chi connectivity index (χ1) is 12.0. The summed E-state index contributed by atoms with van der Waals surface area (Å²) < 4.78 is 0. The molecule has 2 aromatic carbocycles. The Hall–Kier alpha value is -1.51. The smallest absolute Gasteiger partial charge is 0.220 e. The fourth-order valence-corrected chi connectivity index (χ4v) is 4.02. The lowest BCUT2D eigenvalue weighted by Crippen LogP contribution is -2.27. The molecule has 0 saturated heterocycles. The highest BCUT2D eigenvalue weighted by atomic mass is 35.5. The minimum absolute atomic E-state index is 0.00134. The Labute approximate surface area is 159 Å². The van der Waals surface area contributed by atoms with Gasteiger partial charge in [-0.05, 0) is 73.4 Å². The van der Waals surface area contributed by atoms with Crippen molar-refractivity contribution >= 4 is 29.1 Å². The molecule has 0 aromatic heterocycles. The number of carbonyl (C=O) groups excluding carboxylic acids is 1. The second-order valence-electron chi connectivity index (χ2n) is 6.72. The van der Waals surface area contributed by atoms with Crippen LogP contribution in [0.4, 0.5) is 0 Å². The van der Waals surface area contributed by atoms with E-state index in [1.807, 2.05) is 13.0 Å². The van der Waals surface area contributed by atoms with Crippen LogP contribution in [0, 0.1) is 0 Å². The van der Waals surface area contributed by atoms with Crippen molar-refractivity contribution in [3.8, 4) is 0 Å². The zero-order valence-corrected chi connectivity index (χ0v) is 16.0. The molecule has 0 bridgehead atoms. The number of benzene rings is 2. The summed E-state index contributed by atoms with van der Waals surface area (Å²) in [6, 6.07) is 12.0. The van der Waals surface area contributed by atoms with Crippen LogP contribution in [0.2, 0.25) is 10.0 Å². The average molecular weight is 376 g/mol. The zero-order valence-electron chi connectivity index (χ0n) is 14.4. The molecule has 1 unspecified atom stereocenters. The maximum Gasteiger partial charge on any atom is 0.220 e. The summed E-state index contributed by atoms with van der Waals surface area (Å²) >= 11 is 12.3. The van der Waals surface area contributed by atoms with E-state index in [0.29, 0.717) is 22.9 Å². The molecule has 4 heteroatoms. The predicted molar refractivity (Wildman–Crippen MR) is 104 cm³/mol. The number of amides is 1. The van der Waals surface area contributed by atoms with Crippen molar-refractivity contribution in [1.82, 2.24) is 5.32 Å². The number of halogens is 2. The molecule has 3 rings (SSSR count). The summed E-state index contributed by atoms with van der Waals surface area (Å²) in [5, 5.41) is 4.31. The van der Waals surface area contributed by atoms with Gasteiger partial charge in [0.05, 0.1) is 6.04 Å². The van der Waals surface area contributed by atoms with Gasteiger partial charge in [-0.2, -0.15) is 0 Å². The minimum atomic E-state index is 0.00134. The molecule has 0 saturated carbocycles. The predicted octanol–water partition coefficient (Wildman–Crippen LogP) is 5.68. The highest BCUT2D eigenvalue weighted by Gasteiger charge is 2.15. The lowest BCUT2D eigenvalue weighted by Gasteiger charge is -2.20. The van der Waals surface area contributed by atoms with Crippen molar-refractivity contribution in [1.29, 1.82) is 0 Å². The molecule has 0 radical (unpaired) electrons. The highest BCUT2D eigenvalue weighted by molar-refractivity contribution is 6.36. The van der Waals surface area contributed by atoms with E-state index in [9.17, 15) is 4.79 Å². The first-order valence-electron chi connectivity index (χ1n) is 8.88. The summed E-state index contributed by atoms with van der Waals surface area (Å²) in [6.07, 6.45) is 5.78. The zero-order chi connectivity index (χ0) is 17.8. The van der Waals surface area contributed by atoms with Crippen LogP contribution >= 0.6 is 23.2 Å². The molecule has 1 aliphatic carbocycles. The van der Waals surface area contributed by atoms with E-state index in [-0.39, 0.29) is 11.9 Å². The molecule has 0 spiro atoms. The lowest BCUT2D eigenvalue weighted by atomic mass is 9.89.